The van der Waals surface area contributed by atoms with Crippen molar-refractivity contribution in [1.82, 2.24) is 14.7 Å². The lowest BCUT2D eigenvalue weighted by Gasteiger charge is -2.44. The Morgan fingerprint density at radius 1 is 0.969 bits per heavy atom. The molecule has 2 aliphatic heterocycles. The molecule has 2 fully saturated rings. The van der Waals surface area contributed by atoms with E-state index in [1.165, 1.54) is 17.5 Å². The van der Waals surface area contributed by atoms with E-state index in [0.717, 1.165) is 76.3 Å². The van der Waals surface area contributed by atoms with Crippen LogP contribution in [0.4, 0.5) is 4.79 Å². The number of aryl methyl sites for hydroxylation is 1. The summed E-state index contributed by atoms with van der Waals surface area (Å²) in [5.41, 5.74) is 2.78. The van der Waals surface area contributed by atoms with E-state index in [4.69, 9.17) is 14.2 Å². The van der Waals surface area contributed by atoms with Crippen LogP contribution in [0.5, 0.6) is 11.5 Å². The lowest BCUT2D eigenvalue weighted by atomic mass is 9.85. The molecule has 7 heteroatoms. The maximum absolute atomic E-state index is 12.9. The van der Waals surface area contributed by atoms with E-state index in [2.05, 4.69) is 28.9 Å². The van der Waals surface area contributed by atoms with Gasteiger partial charge >= 0.3 is 6.03 Å². The van der Waals surface area contributed by atoms with Gasteiger partial charge in [-0.2, -0.15) is 0 Å². The Morgan fingerprint density at radius 2 is 1.59 bits per heavy atom. The van der Waals surface area contributed by atoms with E-state index < -0.39 is 0 Å². The molecular weight excluding hydrogens is 406 g/mol. The molecule has 0 N–H and O–H groups in total. The van der Waals surface area contributed by atoms with Gasteiger partial charge in [0.1, 0.15) is 0 Å². The summed E-state index contributed by atoms with van der Waals surface area (Å²) in [7, 11) is 3.41. The molecule has 0 spiro atoms. The average Bonchev–Trinajstić information content (AvgIpc) is 2.86. The smallest absolute Gasteiger partial charge is 0.320 e. The first kappa shape index (κ1) is 23.2. The molecule has 32 heavy (non-hydrogen) atoms. The number of methoxy groups -OCH3 is 2. The fraction of sp³-hybridized carbons (Fsp3) is 0.720. The van der Waals surface area contributed by atoms with Crippen molar-refractivity contribution in [3.63, 3.8) is 0 Å². The van der Waals surface area contributed by atoms with E-state index in [1.807, 2.05) is 4.90 Å². The van der Waals surface area contributed by atoms with E-state index >= 15 is 0 Å². The van der Waals surface area contributed by atoms with Gasteiger partial charge in [0.2, 0.25) is 0 Å². The highest BCUT2D eigenvalue weighted by Gasteiger charge is 2.34. The second-order valence-electron chi connectivity index (χ2n) is 9.21. The number of benzene rings is 1. The SMILES string of the molecule is CCCN(C1CCN(C(=O)N2CCOCC2)CC1)C1CCc2cc(OC)c(OC)cc2C1. The molecule has 1 aromatic carbocycles. The van der Waals surface area contributed by atoms with Gasteiger partial charge in [-0.15, -0.1) is 0 Å². The standard InChI is InChI=1S/C25H39N3O4/c1-4-9-28(21-7-10-26(11-8-21)25(29)27-12-14-32-15-13-27)22-6-5-19-17-23(30-2)24(31-3)18-20(19)16-22/h17-18,21-22H,4-16H2,1-3H3. The topological polar surface area (TPSA) is 54.5 Å². The first-order valence-corrected chi connectivity index (χ1v) is 12.3. The van der Waals surface area contributed by atoms with E-state index in [0.29, 0.717) is 25.3 Å². The summed E-state index contributed by atoms with van der Waals surface area (Å²) in [6.07, 6.45) is 6.59. The Bertz CT molecular complexity index is 773. The van der Waals surface area contributed by atoms with Crippen LogP contribution in [0.25, 0.3) is 0 Å². The third-order valence-electron chi connectivity index (χ3n) is 7.34. The van der Waals surface area contributed by atoms with Crippen LogP contribution in [-0.4, -0.2) is 93.0 Å². The van der Waals surface area contributed by atoms with Crippen molar-refractivity contribution in [2.45, 2.75) is 57.5 Å². The quantitative estimate of drug-likeness (QED) is 0.673. The minimum absolute atomic E-state index is 0.196. The van der Waals surface area contributed by atoms with Crippen molar-refractivity contribution in [1.29, 1.82) is 0 Å². The number of hydrogen-bond acceptors (Lipinski definition) is 5. The van der Waals surface area contributed by atoms with Crippen LogP contribution >= 0.6 is 0 Å². The molecule has 2 heterocycles. The van der Waals surface area contributed by atoms with Crippen molar-refractivity contribution in [2.24, 2.45) is 0 Å². The van der Waals surface area contributed by atoms with Crippen LogP contribution < -0.4 is 9.47 Å². The van der Waals surface area contributed by atoms with Gasteiger partial charge in [0.05, 0.1) is 27.4 Å². The van der Waals surface area contributed by atoms with Crippen molar-refractivity contribution in [3.05, 3.63) is 23.3 Å². The van der Waals surface area contributed by atoms with Gasteiger partial charge < -0.3 is 24.0 Å². The lowest BCUT2D eigenvalue weighted by Crippen LogP contribution is -2.54. The molecule has 4 rings (SSSR count). The molecule has 3 aliphatic rings. The number of morpholine rings is 1. The highest BCUT2D eigenvalue weighted by atomic mass is 16.5. The third-order valence-corrected chi connectivity index (χ3v) is 7.34. The highest BCUT2D eigenvalue weighted by Crippen LogP contribution is 2.36. The fourth-order valence-corrected chi connectivity index (χ4v) is 5.61. The second kappa shape index (κ2) is 10.8. The summed E-state index contributed by atoms with van der Waals surface area (Å²) in [6.45, 7) is 7.86. The maximum Gasteiger partial charge on any atom is 0.320 e. The molecule has 2 saturated heterocycles. The number of likely N-dealkylation sites (tertiary alicyclic amines) is 1. The first-order chi connectivity index (χ1) is 15.6. The summed E-state index contributed by atoms with van der Waals surface area (Å²) >= 11 is 0. The molecule has 0 aromatic heterocycles. The van der Waals surface area contributed by atoms with Gasteiger partial charge in [0.25, 0.3) is 0 Å². The van der Waals surface area contributed by atoms with Crippen LogP contribution in [0.2, 0.25) is 0 Å². The Balaban J connectivity index is 1.39. The molecule has 1 unspecified atom stereocenters. The fourth-order valence-electron chi connectivity index (χ4n) is 5.61. The second-order valence-corrected chi connectivity index (χ2v) is 9.21. The van der Waals surface area contributed by atoms with E-state index in [9.17, 15) is 4.79 Å². The zero-order valence-electron chi connectivity index (χ0n) is 20.0. The summed E-state index contributed by atoms with van der Waals surface area (Å²) in [6, 6.07) is 5.63. The highest BCUT2D eigenvalue weighted by molar-refractivity contribution is 5.74. The summed E-state index contributed by atoms with van der Waals surface area (Å²) < 4.78 is 16.5. The molecule has 7 nitrogen and oxygen atoms in total. The van der Waals surface area contributed by atoms with E-state index in [1.54, 1.807) is 14.2 Å². The monoisotopic (exact) mass is 445 g/mol. The summed E-state index contributed by atoms with van der Waals surface area (Å²) in [5, 5.41) is 0. The van der Waals surface area contributed by atoms with Gasteiger partial charge in [-0.1, -0.05) is 6.92 Å². The number of nitrogens with zero attached hydrogens (tertiary/aromatic N) is 3. The Kier molecular flexibility index (Phi) is 7.79. The largest absolute Gasteiger partial charge is 0.493 e. The predicted octanol–water partition coefficient (Wildman–Crippen LogP) is 3.19. The summed E-state index contributed by atoms with van der Waals surface area (Å²) in [4.78, 5) is 19.6. The first-order valence-electron chi connectivity index (χ1n) is 12.3. The number of carbonyl (C=O) groups excluding carboxylic acids is 1. The van der Waals surface area contributed by atoms with Crippen molar-refractivity contribution in [3.8, 4) is 11.5 Å². The van der Waals surface area contributed by atoms with Crippen LogP contribution in [0.3, 0.4) is 0 Å². The zero-order chi connectivity index (χ0) is 22.5. The molecule has 178 valence electrons. The number of carbonyl (C=O) groups is 1. The lowest BCUT2D eigenvalue weighted by molar-refractivity contribution is 0.0330. The Labute approximate surface area is 192 Å². The molecular formula is C25H39N3O4. The van der Waals surface area contributed by atoms with Crippen molar-refractivity contribution in [2.75, 3.05) is 60.2 Å². The molecule has 2 amide bonds. The molecule has 0 bridgehead atoms. The van der Waals surface area contributed by atoms with Crippen LogP contribution in [0.15, 0.2) is 12.1 Å². The van der Waals surface area contributed by atoms with E-state index in [-0.39, 0.29) is 6.03 Å². The van der Waals surface area contributed by atoms with Gasteiger partial charge in [-0.25, -0.2) is 4.79 Å². The zero-order valence-corrected chi connectivity index (χ0v) is 20.0. The van der Waals surface area contributed by atoms with Crippen LogP contribution in [-0.2, 0) is 17.6 Å². The number of ether oxygens (including phenoxy) is 3. The van der Waals surface area contributed by atoms with Crippen LogP contribution in [0, 0.1) is 0 Å². The third kappa shape index (κ3) is 4.99. The van der Waals surface area contributed by atoms with Crippen molar-refractivity contribution < 1.29 is 19.0 Å². The summed E-state index contributed by atoms with van der Waals surface area (Å²) in [5.74, 6) is 1.65. The Morgan fingerprint density at radius 3 is 2.22 bits per heavy atom. The van der Waals surface area contributed by atoms with Gasteiger partial charge in [0.15, 0.2) is 11.5 Å². The van der Waals surface area contributed by atoms with Gasteiger partial charge in [-0.3, -0.25) is 4.90 Å². The molecule has 0 saturated carbocycles. The number of piperidine rings is 1. The average molecular weight is 446 g/mol. The Hall–Kier alpha value is -1.99. The molecule has 0 radical (unpaired) electrons. The number of urea groups is 1. The normalized spacial score (nSPS) is 22.1. The van der Waals surface area contributed by atoms with Crippen LogP contribution in [0.1, 0.15) is 43.7 Å². The maximum atomic E-state index is 12.9. The number of amides is 2. The number of fused-ring (bicyclic) bond motifs is 1. The molecule has 1 atom stereocenters. The van der Waals surface area contributed by atoms with Gasteiger partial charge in [-0.05, 0) is 68.3 Å². The molecule has 1 aromatic rings. The van der Waals surface area contributed by atoms with Gasteiger partial charge in [0, 0.05) is 38.3 Å². The molecule has 1 aliphatic carbocycles. The number of hydrogen-bond donors (Lipinski definition) is 0. The minimum atomic E-state index is 0.196. The number of rotatable bonds is 6. The predicted molar refractivity (Wildman–Crippen MR) is 125 cm³/mol. The van der Waals surface area contributed by atoms with Crippen molar-refractivity contribution >= 4 is 6.03 Å². The minimum Gasteiger partial charge on any atom is -0.493 e.